The first-order valence-electron chi connectivity index (χ1n) is 14.3. The Hall–Kier alpha value is -3.73. The normalized spacial score (nSPS) is 28.1. The van der Waals surface area contributed by atoms with E-state index in [2.05, 4.69) is 22.0 Å². The lowest BCUT2D eigenvalue weighted by Crippen LogP contribution is -2.44. The van der Waals surface area contributed by atoms with Crippen LogP contribution in [-0.4, -0.2) is 51.6 Å². The summed E-state index contributed by atoms with van der Waals surface area (Å²) >= 11 is 6.10. The number of carbonyl (C=O) groups is 2. The van der Waals surface area contributed by atoms with Crippen molar-refractivity contribution in [2.24, 2.45) is 11.7 Å². The summed E-state index contributed by atoms with van der Waals surface area (Å²) in [7, 11) is 0. The molecular weight excluding hydrogens is 561 g/mol. The van der Waals surface area contributed by atoms with Gasteiger partial charge in [0.15, 0.2) is 5.75 Å². The van der Waals surface area contributed by atoms with Crippen molar-refractivity contribution >= 4 is 23.4 Å². The number of hydrazine groups is 1. The number of fused-ring (bicyclic) bond motifs is 4. The number of hydrogen-bond donors (Lipinski definition) is 4. The number of nitrogens with zero attached hydrogens (tertiary/aromatic N) is 2. The molecule has 4 atom stereocenters. The van der Waals surface area contributed by atoms with Gasteiger partial charge in [0.25, 0.3) is 5.91 Å². The third kappa shape index (κ3) is 3.92. The maximum Gasteiger partial charge on any atom is 0.251 e. The van der Waals surface area contributed by atoms with Gasteiger partial charge in [0, 0.05) is 35.4 Å². The van der Waals surface area contributed by atoms with E-state index in [9.17, 15) is 19.1 Å². The van der Waals surface area contributed by atoms with Crippen LogP contribution < -0.4 is 21.2 Å². The van der Waals surface area contributed by atoms with Crippen molar-refractivity contribution in [1.82, 2.24) is 20.7 Å². The van der Waals surface area contributed by atoms with Crippen molar-refractivity contribution in [3.63, 3.8) is 0 Å². The lowest BCUT2D eigenvalue weighted by atomic mass is 9.87. The number of nitrogens with one attached hydrogen (secondary N) is 2. The first-order chi connectivity index (χ1) is 20.2. The first kappa shape index (κ1) is 25.9. The molecule has 1 aromatic heterocycles. The molecule has 9 nitrogen and oxygen atoms in total. The monoisotopic (exact) mass is 589 g/mol. The van der Waals surface area contributed by atoms with E-state index in [1.54, 1.807) is 12.1 Å². The minimum atomic E-state index is -1.52. The third-order valence-corrected chi connectivity index (χ3v) is 9.68. The van der Waals surface area contributed by atoms with Gasteiger partial charge < -0.3 is 25.9 Å². The van der Waals surface area contributed by atoms with Crippen LogP contribution in [0.2, 0.25) is 5.02 Å². The highest BCUT2D eigenvalue weighted by Crippen LogP contribution is 2.61. The van der Waals surface area contributed by atoms with E-state index in [-0.39, 0.29) is 29.4 Å². The van der Waals surface area contributed by atoms with Crippen LogP contribution in [0.3, 0.4) is 0 Å². The van der Waals surface area contributed by atoms with Crippen molar-refractivity contribution in [1.29, 1.82) is 0 Å². The van der Waals surface area contributed by atoms with Crippen LogP contribution in [0.4, 0.5) is 4.39 Å². The maximum absolute atomic E-state index is 14.0. The summed E-state index contributed by atoms with van der Waals surface area (Å²) < 4.78 is 20.1. The standard InChI is InChI=1S/C31H29ClFN5O4/c32-21-10-15(1-7-22(21)33)26-27-20(30(29(34)40)12-25(30)42-27)11-24(36-26)31(41,18-3-4-18)14-35-28(39)16-2-8-23-17(9-16)13-38(37-23)19-5-6-19/h1-2,7-11,13,18-19,23,25,37,41H,3-6,12,14H2,(H2,34,40)(H,35,39)/t23?,25?,30-,31?/m1/s1. The van der Waals surface area contributed by atoms with Gasteiger partial charge in [0.1, 0.15) is 28.6 Å². The number of amides is 2. The molecule has 6 aliphatic rings. The second-order valence-corrected chi connectivity index (χ2v) is 12.6. The van der Waals surface area contributed by atoms with Crippen molar-refractivity contribution in [2.45, 2.75) is 61.3 Å². The van der Waals surface area contributed by atoms with Crippen LogP contribution in [0.15, 0.2) is 59.8 Å². The number of carbonyl (C=O) groups excluding carboxylic acids is 2. The topological polar surface area (TPSA) is 130 Å². The van der Waals surface area contributed by atoms with Gasteiger partial charge in [0.05, 0.1) is 23.3 Å². The third-order valence-electron chi connectivity index (χ3n) is 9.39. The Morgan fingerprint density at radius 3 is 2.81 bits per heavy atom. The average molecular weight is 590 g/mol. The van der Waals surface area contributed by atoms with E-state index in [0.717, 1.165) is 31.3 Å². The predicted octanol–water partition coefficient (Wildman–Crippen LogP) is 2.87. The lowest BCUT2D eigenvalue weighted by Gasteiger charge is -2.30. The molecule has 3 heterocycles. The number of rotatable bonds is 8. The molecule has 2 aromatic rings. The molecule has 11 heteroatoms. The van der Waals surface area contributed by atoms with Gasteiger partial charge in [-0.2, -0.15) is 0 Å². The molecule has 3 fully saturated rings. The second-order valence-electron chi connectivity index (χ2n) is 12.2. The van der Waals surface area contributed by atoms with Crippen LogP contribution >= 0.6 is 11.6 Å². The van der Waals surface area contributed by atoms with E-state index in [1.807, 2.05) is 12.2 Å². The van der Waals surface area contributed by atoms with Crippen molar-refractivity contribution in [2.75, 3.05) is 6.54 Å². The van der Waals surface area contributed by atoms with E-state index in [4.69, 9.17) is 27.1 Å². The van der Waals surface area contributed by atoms with Gasteiger partial charge >= 0.3 is 0 Å². The summed E-state index contributed by atoms with van der Waals surface area (Å²) in [4.78, 5) is 30.8. The predicted molar refractivity (Wildman–Crippen MR) is 151 cm³/mol. The Bertz CT molecular complexity index is 1670. The molecule has 3 unspecified atom stereocenters. The fraction of sp³-hybridized carbons (Fsp3) is 0.387. The largest absolute Gasteiger partial charge is 0.486 e. The zero-order chi connectivity index (χ0) is 29.0. The van der Waals surface area contributed by atoms with Crippen molar-refractivity contribution < 1.29 is 23.8 Å². The molecule has 4 aliphatic carbocycles. The van der Waals surface area contributed by atoms with Crippen LogP contribution in [0.1, 0.15) is 43.4 Å². The molecule has 0 radical (unpaired) electrons. The number of aromatic nitrogens is 1. The van der Waals surface area contributed by atoms with Crippen LogP contribution in [-0.2, 0) is 20.6 Å². The highest BCUT2D eigenvalue weighted by molar-refractivity contribution is 6.31. The van der Waals surface area contributed by atoms with Crippen molar-refractivity contribution in [3.8, 4) is 17.0 Å². The summed E-state index contributed by atoms with van der Waals surface area (Å²) in [5, 5.41) is 17.1. The maximum atomic E-state index is 14.0. The van der Waals surface area contributed by atoms with E-state index >= 15 is 0 Å². The molecule has 0 saturated heterocycles. The Balaban J connectivity index is 1.13. The lowest BCUT2D eigenvalue weighted by molar-refractivity contribution is -0.120. The van der Waals surface area contributed by atoms with Crippen LogP contribution in [0.25, 0.3) is 11.3 Å². The minimum Gasteiger partial charge on any atom is -0.486 e. The highest BCUT2D eigenvalue weighted by atomic mass is 35.5. The van der Waals surface area contributed by atoms with Gasteiger partial charge in [-0.3, -0.25) is 9.59 Å². The highest BCUT2D eigenvalue weighted by Gasteiger charge is 2.68. The number of halogens is 2. The van der Waals surface area contributed by atoms with E-state index < -0.39 is 28.8 Å². The number of hydrogen-bond acceptors (Lipinski definition) is 7. The molecule has 1 aromatic carbocycles. The Kier molecular flexibility index (Phi) is 5.49. The van der Waals surface area contributed by atoms with E-state index in [0.29, 0.717) is 46.3 Å². The fourth-order valence-electron chi connectivity index (χ4n) is 6.49. The number of aliphatic hydroxyl groups is 1. The second kappa shape index (κ2) is 8.89. The molecule has 0 spiro atoms. The van der Waals surface area contributed by atoms with Crippen LogP contribution in [0.5, 0.6) is 5.75 Å². The van der Waals surface area contributed by atoms with Gasteiger partial charge in [-0.1, -0.05) is 23.8 Å². The molecule has 3 saturated carbocycles. The van der Waals surface area contributed by atoms with Gasteiger partial charge in [0.2, 0.25) is 5.91 Å². The van der Waals surface area contributed by atoms with Crippen LogP contribution in [0, 0.1) is 11.7 Å². The van der Waals surface area contributed by atoms with Gasteiger partial charge in [-0.25, -0.2) is 14.8 Å². The number of benzene rings is 1. The zero-order valence-corrected chi connectivity index (χ0v) is 23.3. The molecule has 216 valence electrons. The Morgan fingerprint density at radius 2 is 2.10 bits per heavy atom. The average Bonchev–Trinajstić information content (AvgIpc) is 3.89. The summed E-state index contributed by atoms with van der Waals surface area (Å²) in [5.74, 6) is -1.17. The quantitative estimate of drug-likeness (QED) is 0.373. The molecule has 8 rings (SSSR count). The van der Waals surface area contributed by atoms with Crippen molar-refractivity contribution in [3.05, 3.63) is 81.9 Å². The van der Waals surface area contributed by atoms with Gasteiger partial charge in [-0.15, -0.1) is 0 Å². The molecule has 2 aliphatic heterocycles. The smallest absolute Gasteiger partial charge is 0.251 e. The SMILES string of the molecule is NC(=O)[C@@]12CC1Oc1c2cc(C(O)(CNC(=O)C2=CC3=CN(C4CC4)NC3C=C2)C2CC2)nc1-c1ccc(F)c(Cl)c1. The number of pyridine rings is 1. The number of primary amides is 1. The summed E-state index contributed by atoms with van der Waals surface area (Å²) in [6.07, 6.45) is 11.5. The summed E-state index contributed by atoms with van der Waals surface area (Å²) in [6, 6.07) is 6.46. The van der Waals surface area contributed by atoms with E-state index in [1.165, 1.54) is 18.2 Å². The molecule has 0 bridgehead atoms. The summed E-state index contributed by atoms with van der Waals surface area (Å²) in [5.41, 5.74) is 9.94. The first-order valence-corrected chi connectivity index (χ1v) is 14.7. The minimum absolute atomic E-state index is 0.0468. The molecule has 2 amide bonds. The molecule has 5 N–H and O–H groups in total. The Labute approximate surface area is 246 Å². The Morgan fingerprint density at radius 1 is 1.29 bits per heavy atom. The van der Waals surface area contributed by atoms with Gasteiger partial charge in [-0.05, 0) is 67.5 Å². The number of nitrogens with two attached hydrogens (primary N) is 1. The fourth-order valence-corrected chi connectivity index (χ4v) is 6.67. The molecular formula is C31H29ClFN5O4. The zero-order valence-electron chi connectivity index (χ0n) is 22.6. The molecule has 42 heavy (non-hydrogen) atoms. The summed E-state index contributed by atoms with van der Waals surface area (Å²) in [6.45, 7) is -0.0835. The number of ether oxygens (including phenoxy) is 1.